The number of nitrogens with zero attached hydrogens (tertiary/aromatic N) is 6. The third kappa shape index (κ3) is 24.4. The van der Waals surface area contributed by atoms with Crippen molar-refractivity contribution in [3.8, 4) is 11.5 Å². The van der Waals surface area contributed by atoms with E-state index in [0.717, 1.165) is 0 Å². The zero-order chi connectivity index (χ0) is 44.6. The van der Waals surface area contributed by atoms with E-state index < -0.39 is 55.5 Å². The summed E-state index contributed by atoms with van der Waals surface area (Å²) in [6, 6.07) is 12.3. The van der Waals surface area contributed by atoms with Gasteiger partial charge in [0, 0.05) is 47.1 Å². The first-order valence-electron chi connectivity index (χ1n) is 17.7. The Labute approximate surface area is 340 Å². The number of hydrogen-bond donors (Lipinski definition) is 5. The lowest BCUT2D eigenvalue weighted by Crippen LogP contribution is -2.41. The Morgan fingerprint density at radius 3 is 1.70 bits per heavy atom. The van der Waals surface area contributed by atoms with E-state index in [1.54, 1.807) is 30.4 Å². The Bertz CT molecular complexity index is 1750. The van der Waals surface area contributed by atoms with E-state index in [1.807, 2.05) is 0 Å². The molecular formula is C34H45F3N10O13. The number of nitrogens with two attached hydrogens (primary N) is 1. The highest BCUT2D eigenvalue weighted by atomic mass is 19.4. The van der Waals surface area contributed by atoms with Gasteiger partial charge in [-0.3, -0.25) is 14.4 Å². The highest BCUT2D eigenvalue weighted by Gasteiger charge is 2.38. The number of carbonyl (C=O) groups is 5. The maximum absolute atomic E-state index is 12.1. The third-order valence-corrected chi connectivity index (χ3v) is 6.55. The van der Waals surface area contributed by atoms with E-state index in [-0.39, 0.29) is 76.6 Å². The molecule has 2 unspecified atom stereocenters. The molecule has 330 valence electrons. The van der Waals surface area contributed by atoms with Crippen molar-refractivity contribution in [2.24, 2.45) is 16.0 Å². The second-order valence-electron chi connectivity index (χ2n) is 11.1. The van der Waals surface area contributed by atoms with Crippen LogP contribution in [-0.4, -0.2) is 139 Å². The molecule has 0 heterocycles. The van der Waals surface area contributed by atoms with Crippen molar-refractivity contribution in [2.45, 2.75) is 25.6 Å². The third-order valence-electron chi connectivity index (χ3n) is 6.55. The zero-order valence-electron chi connectivity index (χ0n) is 32.2. The van der Waals surface area contributed by atoms with E-state index in [2.05, 4.69) is 30.7 Å². The number of azide groups is 2. The van der Waals surface area contributed by atoms with Gasteiger partial charge in [0.25, 0.3) is 11.8 Å². The Kier molecular flexibility index (Phi) is 26.4. The summed E-state index contributed by atoms with van der Waals surface area (Å²) in [5, 5.41) is 21.9. The summed E-state index contributed by atoms with van der Waals surface area (Å²) in [5.74, 6) is -3.96. The number of aliphatic carboxylic acids is 1. The maximum Gasteiger partial charge on any atom is 0.471 e. The van der Waals surface area contributed by atoms with Crippen molar-refractivity contribution >= 4 is 29.7 Å². The van der Waals surface area contributed by atoms with Crippen LogP contribution in [0.3, 0.4) is 0 Å². The average Bonchev–Trinajstić information content (AvgIpc) is 3.22. The van der Waals surface area contributed by atoms with E-state index in [0.29, 0.717) is 24.4 Å². The lowest BCUT2D eigenvalue weighted by molar-refractivity contribution is -0.173. The molecule has 0 radical (unpaired) electrons. The quantitative estimate of drug-likeness (QED) is 0.0269. The molecular weight excluding hydrogens is 813 g/mol. The normalized spacial score (nSPS) is 11.5. The molecule has 60 heavy (non-hydrogen) atoms. The van der Waals surface area contributed by atoms with Crippen molar-refractivity contribution in [3.05, 3.63) is 80.5 Å². The number of carbonyl (C=O) groups excluding carboxylic acids is 4. The predicted octanol–water partition coefficient (Wildman–Crippen LogP) is 2.21. The SMILES string of the molecule is CCOC(=O)COCCOC(COc1cccc(C(=O)NCCNC(=O)C(F)(F)F)c1)N=[N+]=[N-].[N-]=[N+]=NC(COc1cccc(C(=O)NCCN)c1)OCCOCC(=O)O. The predicted molar refractivity (Wildman–Crippen MR) is 200 cm³/mol. The van der Waals surface area contributed by atoms with Crippen molar-refractivity contribution in [2.75, 3.05) is 85.6 Å². The van der Waals surface area contributed by atoms with E-state index in [9.17, 15) is 37.1 Å². The van der Waals surface area contributed by atoms with Crippen molar-refractivity contribution in [1.82, 2.24) is 16.0 Å². The number of carboxylic acids is 1. The molecule has 0 bridgehead atoms. The van der Waals surface area contributed by atoms with Crippen LogP contribution < -0.4 is 31.2 Å². The van der Waals surface area contributed by atoms with Crippen LogP contribution in [0.5, 0.6) is 11.5 Å². The second kappa shape index (κ2) is 30.6. The topological polar surface area (TPSA) is 330 Å². The molecule has 23 nitrogen and oxygen atoms in total. The Balaban J connectivity index is 0.000000622. The van der Waals surface area contributed by atoms with Gasteiger partial charge in [-0.15, -0.1) is 0 Å². The first-order chi connectivity index (χ1) is 28.7. The molecule has 2 rings (SSSR count). The Morgan fingerprint density at radius 1 is 0.767 bits per heavy atom. The zero-order valence-corrected chi connectivity index (χ0v) is 32.2. The average molecular weight is 859 g/mol. The van der Waals surface area contributed by atoms with Gasteiger partial charge in [0.1, 0.15) is 37.9 Å². The molecule has 0 aliphatic rings. The summed E-state index contributed by atoms with van der Waals surface area (Å²) in [6.07, 6.45) is -6.95. The summed E-state index contributed by atoms with van der Waals surface area (Å²) >= 11 is 0. The molecule has 0 saturated carbocycles. The number of esters is 1. The van der Waals surface area contributed by atoms with Gasteiger partial charge in [0.2, 0.25) is 0 Å². The number of rotatable bonds is 28. The minimum absolute atomic E-state index is 0.000224. The van der Waals surface area contributed by atoms with Crippen molar-refractivity contribution in [3.63, 3.8) is 0 Å². The summed E-state index contributed by atoms with van der Waals surface area (Å²) in [6.45, 7) is 1.09. The van der Waals surface area contributed by atoms with E-state index in [1.165, 1.54) is 30.3 Å². The summed E-state index contributed by atoms with van der Waals surface area (Å²) < 4.78 is 72.4. The van der Waals surface area contributed by atoms with Gasteiger partial charge in [-0.1, -0.05) is 22.4 Å². The molecule has 2 aromatic rings. The molecule has 2 aromatic carbocycles. The molecule has 0 aliphatic carbocycles. The van der Waals surface area contributed by atoms with Gasteiger partial charge in [0.05, 0.1) is 33.0 Å². The second-order valence-corrected chi connectivity index (χ2v) is 11.1. The fourth-order valence-corrected chi connectivity index (χ4v) is 3.98. The lowest BCUT2D eigenvalue weighted by atomic mass is 10.2. The van der Waals surface area contributed by atoms with Crippen LogP contribution in [0.4, 0.5) is 13.2 Å². The monoisotopic (exact) mass is 858 g/mol. The van der Waals surface area contributed by atoms with E-state index in [4.69, 9.17) is 55.1 Å². The summed E-state index contributed by atoms with van der Waals surface area (Å²) in [5.41, 5.74) is 23.1. The van der Waals surface area contributed by atoms with Crippen molar-refractivity contribution in [1.29, 1.82) is 0 Å². The van der Waals surface area contributed by atoms with Crippen LogP contribution in [-0.2, 0) is 38.1 Å². The fourth-order valence-electron chi connectivity index (χ4n) is 3.98. The number of ether oxygens (including phenoxy) is 7. The molecule has 3 amide bonds. The molecule has 2 atom stereocenters. The fraction of sp³-hybridized carbons (Fsp3) is 0.500. The molecule has 0 aromatic heterocycles. The van der Waals surface area contributed by atoms with Crippen LogP contribution >= 0.6 is 0 Å². The minimum atomic E-state index is -5.00. The largest absolute Gasteiger partial charge is 0.491 e. The number of hydrogen-bond acceptors (Lipinski definition) is 15. The van der Waals surface area contributed by atoms with Crippen LogP contribution in [0.15, 0.2) is 58.8 Å². The Morgan fingerprint density at radius 2 is 1.25 bits per heavy atom. The van der Waals surface area contributed by atoms with Crippen LogP contribution in [0.25, 0.3) is 20.9 Å². The summed E-state index contributed by atoms with van der Waals surface area (Å²) in [4.78, 5) is 61.5. The Hall–Kier alpha value is -6.40. The number of halogens is 3. The van der Waals surface area contributed by atoms with Gasteiger partial charge in [-0.2, -0.15) is 13.2 Å². The molecule has 0 fully saturated rings. The first-order valence-corrected chi connectivity index (χ1v) is 17.7. The van der Waals surface area contributed by atoms with Gasteiger partial charge >= 0.3 is 24.0 Å². The van der Waals surface area contributed by atoms with Crippen LogP contribution in [0, 0.1) is 0 Å². The molecule has 0 saturated heterocycles. The molecule has 26 heteroatoms. The van der Waals surface area contributed by atoms with Crippen LogP contribution in [0.2, 0.25) is 0 Å². The lowest BCUT2D eigenvalue weighted by Gasteiger charge is -2.14. The molecule has 6 N–H and O–H groups in total. The number of alkyl halides is 3. The standard InChI is InChI=1S/C19H24F3N5O7.C15H21N5O6/c1-2-32-16(28)12-31-8-9-33-15(26-27-23)11-34-14-5-3-4-13(10-14)17(29)24-6-7-25-18(30)19(20,21)22;16-4-5-18-15(23)11-2-1-3-12(8-11)26-9-13(19-20-17)25-7-6-24-10-14(21)22/h3-5,10,15H,2,6-9,11-12H2,1H3,(H,24,29)(H,25,30);1-3,8,13H,4-7,9-10,16H2,(H,18,23)(H,21,22). The van der Waals surface area contributed by atoms with E-state index >= 15 is 0 Å². The highest BCUT2D eigenvalue weighted by Crippen LogP contribution is 2.16. The maximum atomic E-state index is 12.1. The first kappa shape index (κ1) is 51.6. The molecule has 0 spiro atoms. The molecule has 0 aliphatic heterocycles. The highest BCUT2D eigenvalue weighted by molar-refractivity contribution is 5.95. The van der Waals surface area contributed by atoms with Gasteiger partial charge < -0.3 is 59.9 Å². The number of carboxylic acid groups (broad SMARTS) is 1. The van der Waals surface area contributed by atoms with Crippen LogP contribution in [0.1, 0.15) is 27.6 Å². The van der Waals surface area contributed by atoms with Gasteiger partial charge in [0.15, 0.2) is 12.5 Å². The van der Waals surface area contributed by atoms with Gasteiger partial charge in [-0.05, 0) is 54.4 Å². The number of amides is 3. The van der Waals surface area contributed by atoms with Crippen molar-refractivity contribution < 1.29 is 75.4 Å². The van der Waals surface area contributed by atoms with Gasteiger partial charge in [-0.25, -0.2) is 9.59 Å². The minimum Gasteiger partial charge on any atom is -0.491 e. The smallest absolute Gasteiger partial charge is 0.471 e. The summed E-state index contributed by atoms with van der Waals surface area (Å²) in [7, 11) is 0. The number of nitrogens with one attached hydrogen (secondary N) is 3. The number of benzene rings is 2.